The molecule has 0 saturated heterocycles. The monoisotopic (exact) mass is 251 g/mol. The molecule has 0 aliphatic carbocycles. The molecule has 1 aromatic carbocycles. The summed E-state index contributed by atoms with van der Waals surface area (Å²) >= 11 is 0. The average molecular weight is 251 g/mol. The van der Waals surface area contributed by atoms with Crippen molar-refractivity contribution in [1.82, 2.24) is 0 Å². The van der Waals surface area contributed by atoms with Crippen LogP contribution in [-0.4, -0.2) is 22.1 Å². The van der Waals surface area contributed by atoms with Crippen molar-refractivity contribution in [3.8, 4) is 5.75 Å². The third-order valence-corrected chi connectivity index (χ3v) is 2.85. The van der Waals surface area contributed by atoms with Gasteiger partial charge in [-0.3, -0.25) is 4.79 Å². The minimum Gasteiger partial charge on any atom is -0.507 e. The quantitative estimate of drug-likeness (QED) is 0.701. The maximum atomic E-state index is 11.8. The van der Waals surface area contributed by atoms with Crippen molar-refractivity contribution in [3.63, 3.8) is 0 Å². The second-order valence-electron chi connectivity index (χ2n) is 4.04. The highest BCUT2D eigenvalue weighted by Crippen LogP contribution is 2.22. The minimum absolute atomic E-state index is 0.0907. The molecule has 3 N–H and O–H groups in total. The molecule has 0 heterocycles. The van der Waals surface area contributed by atoms with Crippen LogP contribution in [0.1, 0.15) is 37.0 Å². The van der Waals surface area contributed by atoms with Gasteiger partial charge in [0.15, 0.2) is 0 Å². The zero-order chi connectivity index (χ0) is 13.7. The summed E-state index contributed by atoms with van der Waals surface area (Å²) in [6.45, 7) is 3.85. The summed E-state index contributed by atoms with van der Waals surface area (Å²) < 4.78 is 0. The Kier molecular flexibility index (Phi) is 4.71. The maximum Gasteiger partial charge on any atom is 0.339 e. The number of hydrogen-bond acceptors (Lipinski definition) is 3. The van der Waals surface area contributed by atoms with Crippen LogP contribution in [0.5, 0.6) is 5.75 Å². The molecule has 0 unspecified atom stereocenters. The number of carboxylic acid groups (broad SMARTS) is 1. The Bertz CT molecular complexity index is 452. The van der Waals surface area contributed by atoms with E-state index in [2.05, 4.69) is 5.32 Å². The highest BCUT2D eigenvalue weighted by atomic mass is 16.4. The number of hydrogen-bond donors (Lipinski definition) is 3. The molecule has 5 nitrogen and oxygen atoms in total. The van der Waals surface area contributed by atoms with Gasteiger partial charge in [0, 0.05) is 11.6 Å². The van der Waals surface area contributed by atoms with Crippen LogP contribution in [0.25, 0.3) is 0 Å². The van der Waals surface area contributed by atoms with Crippen molar-refractivity contribution in [2.24, 2.45) is 5.92 Å². The number of amides is 1. The SMILES string of the molecule is CCC(CC)C(=O)Nc1ccc(O)c(C(=O)O)c1. The van der Waals surface area contributed by atoms with E-state index in [0.29, 0.717) is 5.69 Å². The van der Waals surface area contributed by atoms with Crippen molar-refractivity contribution < 1.29 is 19.8 Å². The van der Waals surface area contributed by atoms with E-state index in [0.717, 1.165) is 12.8 Å². The Labute approximate surface area is 105 Å². The summed E-state index contributed by atoms with van der Waals surface area (Å²) in [5.74, 6) is -1.77. The number of carbonyl (C=O) groups excluding carboxylic acids is 1. The zero-order valence-corrected chi connectivity index (χ0v) is 10.4. The van der Waals surface area contributed by atoms with Gasteiger partial charge in [0.05, 0.1) is 0 Å². The van der Waals surface area contributed by atoms with Crippen molar-refractivity contribution in [3.05, 3.63) is 23.8 Å². The Balaban J connectivity index is 2.89. The average Bonchev–Trinajstić information content (AvgIpc) is 2.32. The van der Waals surface area contributed by atoms with Crippen LogP contribution in [0.15, 0.2) is 18.2 Å². The highest BCUT2D eigenvalue weighted by molar-refractivity contribution is 5.96. The number of carbonyl (C=O) groups is 2. The molecule has 0 radical (unpaired) electrons. The largest absolute Gasteiger partial charge is 0.507 e. The van der Waals surface area contributed by atoms with Gasteiger partial charge in [0.25, 0.3) is 0 Å². The summed E-state index contributed by atoms with van der Waals surface area (Å²) in [6, 6.07) is 3.98. The van der Waals surface area contributed by atoms with E-state index in [4.69, 9.17) is 5.11 Å². The zero-order valence-electron chi connectivity index (χ0n) is 10.4. The van der Waals surface area contributed by atoms with Gasteiger partial charge in [-0.05, 0) is 31.0 Å². The maximum absolute atomic E-state index is 11.8. The van der Waals surface area contributed by atoms with Gasteiger partial charge < -0.3 is 15.5 Å². The Morgan fingerprint density at radius 1 is 1.28 bits per heavy atom. The molecule has 1 aromatic rings. The predicted molar refractivity (Wildman–Crippen MR) is 67.8 cm³/mol. The van der Waals surface area contributed by atoms with E-state index in [1.807, 2.05) is 13.8 Å². The lowest BCUT2D eigenvalue weighted by molar-refractivity contribution is -0.120. The Morgan fingerprint density at radius 3 is 2.39 bits per heavy atom. The second-order valence-corrected chi connectivity index (χ2v) is 4.04. The van der Waals surface area contributed by atoms with Crippen molar-refractivity contribution >= 4 is 17.6 Å². The molecule has 0 aliphatic rings. The molecule has 5 heteroatoms. The van der Waals surface area contributed by atoms with Crippen LogP contribution in [0.2, 0.25) is 0 Å². The first-order valence-corrected chi connectivity index (χ1v) is 5.86. The van der Waals surface area contributed by atoms with Crippen molar-refractivity contribution in [2.45, 2.75) is 26.7 Å². The highest BCUT2D eigenvalue weighted by Gasteiger charge is 2.16. The first-order valence-electron chi connectivity index (χ1n) is 5.86. The molecule has 1 rings (SSSR count). The number of anilines is 1. The fraction of sp³-hybridized carbons (Fsp3) is 0.385. The molecule has 98 valence electrons. The van der Waals surface area contributed by atoms with Crippen molar-refractivity contribution in [2.75, 3.05) is 5.32 Å². The molecular formula is C13H17NO4. The van der Waals surface area contributed by atoms with E-state index >= 15 is 0 Å². The van der Waals surface area contributed by atoms with Gasteiger partial charge in [0.2, 0.25) is 5.91 Å². The molecule has 1 amide bonds. The van der Waals surface area contributed by atoms with Gasteiger partial charge in [-0.15, -0.1) is 0 Å². The van der Waals surface area contributed by atoms with E-state index in [1.165, 1.54) is 18.2 Å². The summed E-state index contributed by atoms with van der Waals surface area (Å²) in [6.07, 6.45) is 1.46. The van der Waals surface area contributed by atoms with Crippen LogP contribution in [-0.2, 0) is 4.79 Å². The molecule has 0 bridgehead atoms. The number of aromatic carboxylic acids is 1. The molecule has 0 fully saturated rings. The van der Waals surface area contributed by atoms with Crippen LogP contribution < -0.4 is 5.32 Å². The Hall–Kier alpha value is -2.04. The molecule has 0 saturated carbocycles. The Morgan fingerprint density at radius 2 is 1.89 bits per heavy atom. The lowest BCUT2D eigenvalue weighted by Crippen LogP contribution is -2.21. The number of phenols is 1. The van der Waals surface area contributed by atoms with Crippen LogP contribution in [0.4, 0.5) is 5.69 Å². The van der Waals surface area contributed by atoms with E-state index in [-0.39, 0.29) is 23.1 Å². The van der Waals surface area contributed by atoms with E-state index < -0.39 is 5.97 Å². The van der Waals surface area contributed by atoms with Crippen LogP contribution in [0.3, 0.4) is 0 Å². The number of benzene rings is 1. The van der Waals surface area contributed by atoms with Gasteiger partial charge in [-0.1, -0.05) is 13.8 Å². The van der Waals surface area contributed by atoms with Gasteiger partial charge in [0.1, 0.15) is 11.3 Å². The van der Waals surface area contributed by atoms with Crippen LogP contribution >= 0.6 is 0 Å². The first kappa shape index (κ1) is 14.0. The lowest BCUT2D eigenvalue weighted by Gasteiger charge is -2.13. The van der Waals surface area contributed by atoms with E-state index in [9.17, 15) is 14.7 Å². The standard InChI is InChI=1S/C13H17NO4/c1-3-8(4-2)12(16)14-9-5-6-11(15)10(7-9)13(17)18/h5-8,15H,3-4H2,1-2H3,(H,14,16)(H,17,18). The third kappa shape index (κ3) is 3.23. The molecule has 0 aromatic heterocycles. The molecule has 0 atom stereocenters. The predicted octanol–water partition coefficient (Wildman–Crippen LogP) is 2.47. The normalized spacial score (nSPS) is 10.4. The molecule has 0 spiro atoms. The molecule has 0 aliphatic heterocycles. The lowest BCUT2D eigenvalue weighted by atomic mass is 10.0. The van der Waals surface area contributed by atoms with Gasteiger partial charge in [-0.2, -0.15) is 0 Å². The van der Waals surface area contributed by atoms with E-state index in [1.54, 1.807) is 0 Å². The number of carboxylic acids is 1. The smallest absolute Gasteiger partial charge is 0.339 e. The minimum atomic E-state index is -1.23. The number of aromatic hydroxyl groups is 1. The number of nitrogens with one attached hydrogen (secondary N) is 1. The topological polar surface area (TPSA) is 86.6 Å². The van der Waals surface area contributed by atoms with Crippen LogP contribution in [0, 0.1) is 5.92 Å². The molecular weight excluding hydrogens is 234 g/mol. The van der Waals surface area contributed by atoms with Gasteiger partial charge >= 0.3 is 5.97 Å². The van der Waals surface area contributed by atoms with Crippen molar-refractivity contribution in [1.29, 1.82) is 0 Å². The first-order chi connectivity index (χ1) is 8.49. The summed E-state index contributed by atoms with van der Waals surface area (Å²) in [5, 5.41) is 20.9. The fourth-order valence-corrected chi connectivity index (χ4v) is 1.69. The second kappa shape index (κ2) is 6.05. The summed E-state index contributed by atoms with van der Waals surface area (Å²) in [4.78, 5) is 22.7. The van der Waals surface area contributed by atoms with Gasteiger partial charge in [-0.25, -0.2) is 4.79 Å². The number of rotatable bonds is 5. The summed E-state index contributed by atoms with van der Waals surface area (Å²) in [7, 11) is 0. The third-order valence-electron chi connectivity index (χ3n) is 2.85. The summed E-state index contributed by atoms with van der Waals surface area (Å²) in [5.41, 5.74) is 0.152. The fourth-order valence-electron chi connectivity index (χ4n) is 1.69. The molecule has 18 heavy (non-hydrogen) atoms.